The number of allylic oxidation sites excluding steroid dienone is 1. The van der Waals surface area contributed by atoms with Gasteiger partial charge < -0.3 is 15.1 Å². The molecule has 0 radical (unpaired) electrons. The monoisotopic (exact) mass is 452 g/mol. The van der Waals surface area contributed by atoms with Crippen LogP contribution in [0.15, 0.2) is 50.6 Å². The fourth-order valence-electron chi connectivity index (χ4n) is 4.99. The Kier molecular flexibility index (Phi) is 9.33. The highest BCUT2D eigenvalue weighted by Gasteiger charge is 2.24. The minimum Gasteiger partial charge on any atom is -0.368 e. The predicted molar refractivity (Wildman–Crippen MR) is 141 cm³/mol. The Morgan fingerprint density at radius 3 is 2.48 bits per heavy atom. The van der Waals surface area contributed by atoms with Crippen molar-refractivity contribution >= 4 is 17.5 Å². The number of likely N-dealkylation sites (N-methyl/N-ethyl adjacent to an activating group) is 1. The zero-order valence-electron chi connectivity index (χ0n) is 20.4. The smallest absolute Gasteiger partial charge is 0.147 e. The highest BCUT2D eigenvalue weighted by molar-refractivity contribution is 5.75. The van der Waals surface area contributed by atoms with E-state index in [2.05, 4.69) is 46.3 Å². The summed E-state index contributed by atoms with van der Waals surface area (Å²) in [5, 5.41) is 3.44. The summed E-state index contributed by atoms with van der Waals surface area (Å²) in [5.74, 6) is 0.591. The molecular formula is C28H41FN4. The van der Waals surface area contributed by atoms with Gasteiger partial charge in [-0.3, -0.25) is 4.90 Å². The molecule has 1 N–H and O–H groups in total. The molecule has 180 valence electrons. The molecule has 2 aliphatic heterocycles. The first kappa shape index (κ1) is 25.3. The zero-order chi connectivity index (χ0) is 23.8. The van der Waals surface area contributed by atoms with E-state index in [1.54, 1.807) is 12.1 Å². The number of nitrogens with one attached hydrogen (secondary N) is 1. The van der Waals surface area contributed by atoms with E-state index in [1.165, 1.54) is 12.8 Å². The van der Waals surface area contributed by atoms with Gasteiger partial charge in [0, 0.05) is 57.1 Å². The molecule has 0 saturated carbocycles. The van der Waals surface area contributed by atoms with Crippen molar-refractivity contribution in [2.45, 2.75) is 31.7 Å². The Morgan fingerprint density at radius 2 is 1.88 bits per heavy atom. The van der Waals surface area contributed by atoms with E-state index in [1.807, 2.05) is 25.3 Å². The van der Waals surface area contributed by atoms with Crippen molar-refractivity contribution in [1.29, 1.82) is 0 Å². The fourth-order valence-corrected chi connectivity index (χ4v) is 4.99. The predicted octanol–water partition coefficient (Wildman–Crippen LogP) is 5.01. The van der Waals surface area contributed by atoms with Crippen LogP contribution in [0.25, 0.3) is 11.8 Å². The van der Waals surface area contributed by atoms with Gasteiger partial charge in [-0.1, -0.05) is 31.4 Å². The van der Waals surface area contributed by atoms with Gasteiger partial charge in [-0.2, -0.15) is 0 Å². The molecule has 4 nitrogen and oxygen atoms in total. The molecule has 1 aromatic carbocycles. The van der Waals surface area contributed by atoms with Gasteiger partial charge in [0.25, 0.3) is 0 Å². The van der Waals surface area contributed by atoms with Crippen molar-refractivity contribution in [3.8, 4) is 0 Å². The van der Waals surface area contributed by atoms with E-state index in [0.29, 0.717) is 5.69 Å². The van der Waals surface area contributed by atoms with Crippen LogP contribution < -0.4 is 10.2 Å². The van der Waals surface area contributed by atoms with Crippen LogP contribution in [0.1, 0.15) is 36.8 Å². The third kappa shape index (κ3) is 6.36. The van der Waals surface area contributed by atoms with Crippen molar-refractivity contribution in [2.75, 3.05) is 57.8 Å². The van der Waals surface area contributed by atoms with Crippen LogP contribution in [0.2, 0.25) is 0 Å². The number of halogens is 1. The summed E-state index contributed by atoms with van der Waals surface area (Å²) in [6.45, 7) is 23.1. The lowest BCUT2D eigenvalue weighted by Crippen LogP contribution is -2.49. The van der Waals surface area contributed by atoms with Crippen LogP contribution in [0.5, 0.6) is 0 Å². The largest absolute Gasteiger partial charge is 0.368 e. The van der Waals surface area contributed by atoms with Gasteiger partial charge in [0.15, 0.2) is 0 Å². The van der Waals surface area contributed by atoms with Crippen LogP contribution in [-0.2, 0) is 0 Å². The van der Waals surface area contributed by atoms with Crippen molar-refractivity contribution in [2.24, 2.45) is 5.92 Å². The van der Waals surface area contributed by atoms with Crippen molar-refractivity contribution in [3.05, 3.63) is 67.5 Å². The normalized spacial score (nSPS) is 18.5. The van der Waals surface area contributed by atoms with Crippen molar-refractivity contribution < 1.29 is 4.39 Å². The van der Waals surface area contributed by atoms with Crippen LogP contribution in [0.3, 0.4) is 0 Å². The Balaban J connectivity index is 1.72. The summed E-state index contributed by atoms with van der Waals surface area (Å²) in [6.07, 6.45) is 9.91. The molecule has 2 saturated heterocycles. The second-order valence-electron chi connectivity index (χ2n) is 9.30. The van der Waals surface area contributed by atoms with E-state index >= 15 is 4.39 Å². The van der Waals surface area contributed by atoms with Gasteiger partial charge in [0.05, 0.1) is 5.69 Å². The topological polar surface area (TPSA) is 21.8 Å². The van der Waals surface area contributed by atoms with Gasteiger partial charge in [0.2, 0.25) is 0 Å². The molecule has 1 atom stereocenters. The summed E-state index contributed by atoms with van der Waals surface area (Å²) in [7, 11) is 2.02. The third-order valence-electron chi connectivity index (χ3n) is 7.20. The molecule has 2 heterocycles. The Morgan fingerprint density at radius 1 is 1.18 bits per heavy atom. The maximum absolute atomic E-state index is 15.1. The summed E-state index contributed by atoms with van der Waals surface area (Å²) in [4.78, 5) is 6.85. The van der Waals surface area contributed by atoms with E-state index in [0.717, 1.165) is 81.4 Å². The lowest BCUT2D eigenvalue weighted by atomic mass is 9.97. The lowest BCUT2D eigenvalue weighted by Gasteiger charge is -2.39. The molecule has 2 aliphatic rings. The minimum absolute atomic E-state index is 0.139. The highest BCUT2D eigenvalue weighted by Crippen LogP contribution is 2.32. The van der Waals surface area contributed by atoms with Gasteiger partial charge >= 0.3 is 0 Å². The molecule has 0 aromatic heterocycles. The van der Waals surface area contributed by atoms with E-state index in [4.69, 9.17) is 0 Å². The average molecular weight is 453 g/mol. The number of benzene rings is 1. The molecule has 1 aromatic rings. The third-order valence-corrected chi connectivity index (χ3v) is 7.20. The molecule has 0 spiro atoms. The molecule has 33 heavy (non-hydrogen) atoms. The Labute approximate surface area is 200 Å². The number of nitrogens with zero attached hydrogens (tertiary/aromatic N) is 3. The van der Waals surface area contributed by atoms with Crippen LogP contribution in [0, 0.1) is 11.7 Å². The maximum atomic E-state index is 15.1. The number of hydrogen-bond acceptors (Lipinski definition) is 4. The summed E-state index contributed by atoms with van der Waals surface area (Å²) < 4.78 is 15.1. The van der Waals surface area contributed by atoms with E-state index < -0.39 is 0 Å². The number of piperidine rings is 1. The molecule has 0 bridgehead atoms. The first-order chi connectivity index (χ1) is 16.0. The van der Waals surface area contributed by atoms with Crippen molar-refractivity contribution in [3.63, 3.8) is 0 Å². The molecular weight excluding hydrogens is 411 g/mol. The average Bonchev–Trinajstić information content (AvgIpc) is 2.85. The number of hydrogen-bond donors (Lipinski definition) is 1. The first-order valence-electron chi connectivity index (χ1n) is 12.3. The quantitative estimate of drug-likeness (QED) is 0.476. The second-order valence-corrected chi connectivity index (χ2v) is 9.30. The highest BCUT2D eigenvalue weighted by atomic mass is 19.1. The van der Waals surface area contributed by atoms with Crippen LogP contribution >= 0.6 is 0 Å². The molecule has 5 heteroatoms. The molecule has 0 aliphatic carbocycles. The minimum atomic E-state index is -0.192. The van der Waals surface area contributed by atoms with Gasteiger partial charge in [-0.25, -0.2) is 4.39 Å². The molecule has 2 fully saturated rings. The van der Waals surface area contributed by atoms with Crippen LogP contribution in [-0.4, -0.2) is 68.7 Å². The molecule has 0 amide bonds. The summed E-state index contributed by atoms with van der Waals surface area (Å²) >= 11 is 0. The summed E-state index contributed by atoms with van der Waals surface area (Å²) in [6, 6.07) is 3.70. The SMILES string of the molecule is C=CCCC(C=C)N(C)C(=C)c1cc(N2CCN(CC3CCNCC3)CC2)c(F)cc1C=C. The second kappa shape index (κ2) is 12.2. The van der Waals surface area contributed by atoms with Gasteiger partial charge in [-0.15, -0.1) is 13.2 Å². The Bertz CT molecular complexity index is 835. The maximum Gasteiger partial charge on any atom is 0.147 e. The fraction of sp³-hybridized carbons (Fsp3) is 0.500. The van der Waals surface area contributed by atoms with Gasteiger partial charge in [0.1, 0.15) is 5.82 Å². The summed E-state index contributed by atoms with van der Waals surface area (Å²) in [5.41, 5.74) is 3.20. The van der Waals surface area contributed by atoms with Crippen molar-refractivity contribution in [1.82, 2.24) is 15.1 Å². The molecule has 3 rings (SSSR count). The standard InChI is InChI=1S/C28H41FN4/c1-6-9-10-25(8-3)31(5)22(4)26-20-28(27(29)19-24(26)7-2)33-17-15-32(16-18-33)21-23-11-13-30-14-12-23/h6-8,19-20,23,25,30H,1-4,9-18,21H2,5H3. The van der Waals surface area contributed by atoms with E-state index in [9.17, 15) is 0 Å². The number of rotatable bonds is 11. The Hall–Kier alpha value is -2.37. The lowest BCUT2D eigenvalue weighted by molar-refractivity contribution is 0.196. The number of anilines is 1. The first-order valence-corrected chi connectivity index (χ1v) is 12.3. The zero-order valence-corrected chi connectivity index (χ0v) is 20.4. The van der Waals surface area contributed by atoms with Crippen LogP contribution in [0.4, 0.5) is 10.1 Å². The number of piperazine rings is 1. The van der Waals surface area contributed by atoms with E-state index in [-0.39, 0.29) is 11.9 Å². The molecule has 1 unspecified atom stereocenters. The van der Waals surface area contributed by atoms with Gasteiger partial charge in [-0.05, 0) is 62.4 Å².